The van der Waals surface area contributed by atoms with Gasteiger partial charge in [0.05, 0.1) is 4.83 Å². The largest absolute Gasteiger partial charge is 0.366 e. The summed E-state index contributed by atoms with van der Waals surface area (Å²) >= 11 is 6.93. The predicted molar refractivity (Wildman–Crippen MR) is 94.4 cm³/mol. The molecule has 0 aliphatic rings. The molecule has 0 saturated heterocycles. The van der Waals surface area contributed by atoms with Crippen molar-refractivity contribution in [2.45, 2.75) is 9.65 Å². The lowest BCUT2D eigenvalue weighted by Gasteiger charge is -2.17. The zero-order chi connectivity index (χ0) is 16.1. The number of anilines is 1. The Morgan fingerprint density at radius 3 is 2.09 bits per heavy atom. The van der Waals surface area contributed by atoms with Gasteiger partial charge in [-0.15, -0.1) is 0 Å². The van der Waals surface area contributed by atoms with Gasteiger partial charge in [-0.1, -0.05) is 62.2 Å². The van der Waals surface area contributed by atoms with Gasteiger partial charge < -0.3 is 11.1 Å². The molecule has 2 aromatic rings. The van der Waals surface area contributed by atoms with Gasteiger partial charge in [-0.05, 0) is 29.8 Å². The number of alkyl halides is 2. The molecule has 4 nitrogen and oxygen atoms in total. The number of rotatable bonds is 5. The lowest BCUT2D eigenvalue weighted by molar-refractivity contribution is -0.115. The highest BCUT2D eigenvalue weighted by atomic mass is 79.9. The van der Waals surface area contributed by atoms with Gasteiger partial charge in [0.25, 0.3) is 0 Å². The number of benzene rings is 2. The Morgan fingerprint density at radius 2 is 1.55 bits per heavy atom. The van der Waals surface area contributed by atoms with Gasteiger partial charge in [0, 0.05) is 11.3 Å². The fraction of sp³-hybridized carbons (Fsp3) is 0.125. The summed E-state index contributed by atoms with van der Waals surface area (Å²) in [7, 11) is 0. The molecule has 3 N–H and O–H groups in total. The minimum atomic E-state index is -0.499. The van der Waals surface area contributed by atoms with E-state index in [1.165, 1.54) is 0 Å². The maximum atomic E-state index is 12.3. The Morgan fingerprint density at radius 1 is 0.955 bits per heavy atom. The summed E-state index contributed by atoms with van der Waals surface area (Å²) < 4.78 is 0. The summed E-state index contributed by atoms with van der Waals surface area (Å²) in [6, 6.07) is 16.1. The first-order chi connectivity index (χ1) is 10.5. The Bertz CT molecular complexity index is 660. The predicted octanol–water partition coefficient (Wildman–Crippen LogP) is 3.62. The van der Waals surface area contributed by atoms with Crippen molar-refractivity contribution in [1.82, 2.24) is 0 Å². The number of carbonyl (C=O) groups excluding carboxylic acids is 2. The van der Waals surface area contributed by atoms with Crippen LogP contribution in [0.25, 0.3) is 0 Å². The van der Waals surface area contributed by atoms with Crippen molar-refractivity contribution < 1.29 is 9.59 Å². The van der Waals surface area contributed by atoms with E-state index in [4.69, 9.17) is 5.73 Å². The normalized spacial score (nSPS) is 13.2. The number of halogens is 2. The van der Waals surface area contributed by atoms with E-state index in [-0.39, 0.29) is 10.7 Å². The molecule has 0 saturated carbocycles. The third kappa shape index (κ3) is 4.18. The van der Waals surface area contributed by atoms with Crippen LogP contribution >= 0.6 is 31.9 Å². The van der Waals surface area contributed by atoms with Crippen LogP contribution in [0.2, 0.25) is 0 Å². The van der Waals surface area contributed by atoms with Crippen LogP contribution in [0.4, 0.5) is 5.69 Å². The highest BCUT2D eigenvalue weighted by Crippen LogP contribution is 2.31. The molecule has 2 atom stereocenters. The number of nitrogens with two attached hydrogens (primary N) is 1. The number of amides is 2. The zero-order valence-electron chi connectivity index (χ0n) is 11.5. The summed E-state index contributed by atoms with van der Waals surface area (Å²) in [5, 5.41) is 2.79. The molecule has 2 aromatic carbocycles. The molecule has 22 heavy (non-hydrogen) atoms. The SMILES string of the molecule is NC(=O)c1ccc(NC(=O)C(Br)C(Br)c2ccccc2)cc1. The molecular weight excluding hydrogens is 412 g/mol. The third-order valence-electron chi connectivity index (χ3n) is 3.06. The molecule has 0 bridgehead atoms. The van der Waals surface area contributed by atoms with Crippen molar-refractivity contribution in [1.29, 1.82) is 0 Å². The lowest BCUT2D eigenvalue weighted by atomic mass is 10.1. The van der Waals surface area contributed by atoms with Crippen LogP contribution in [-0.2, 0) is 4.79 Å². The maximum absolute atomic E-state index is 12.3. The third-order valence-corrected chi connectivity index (χ3v) is 5.77. The van der Waals surface area contributed by atoms with E-state index in [2.05, 4.69) is 37.2 Å². The number of hydrogen-bond donors (Lipinski definition) is 2. The highest BCUT2D eigenvalue weighted by molar-refractivity contribution is 9.12. The van der Waals surface area contributed by atoms with Crippen molar-refractivity contribution in [2.24, 2.45) is 5.73 Å². The molecular formula is C16H14Br2N2O2. The van der Waals surface area contributed by atoms with Crippen molar-refractivity contribution >= 4 is 49.4 Å². The van der Waals surface area contributed by atoms with Crippen LogP contribution in [0.1, 0.15) is 20.7 Å². The van der Waals surface area contributed by atoms with Gasteiger partial charge in [0.2, 0.25) is 11.8 Å². The molecule has 114 valence electrons. The number of carbonyl (C=O) groups is 2. The quantitative estimate of drug-likeness (QED) is 0.718. The molecule has 2 unspecified atom stereocenters. The smallest absolute Gasteiger partial charge is 0.248 e. The minimum absolute atomic E-state index is 0.154. The van der Waals surface area contributed by atoms with Gasteiger partial charge >= 0.3 is 0 Å². The molecule has 0 aliphatic carbocycles. The topological polar surface area (TPSA) is 72.2 Å². The molecule has 0 aliphatic heterocycles. The summed E-state index contributed by atoms with van der Waals surface area (Å²) in [5.74, 6) is -0.682. The minimum Gasteiger partial charge on any atom is -0.366 e. The summed E-state index contributed by atoms with van der Waals surface area (Å²) in [4.78, 5) is 22.7. The summed E-state index contributed by atoms with van der Waals surface area (Å²) in [6.45, 7) is 0. The summed E-state index contributed by atoms with van der Waals surface area (Å²) in [5.41, 5.74) is 7.18. The van der Waals surface area contributed by atoms with Crippen molar-refractivity contribution in [3.8, 4) is 0 Å². The Kier molecular flexibility index (Phi) is 5.74. The van der Waals surface area contributed by atoms with E-state index < -0.39 is 10.7 Å². The number of primary amides is 1. The van der Waals surface area contributed by atoms with Gasteiger partial charge in [0.15, 0.2) is 0 Å². The first-order valence-corrected chi connectivity index (χ1v) is 8.36. The second-order valence-electron chi connectivity index (χ2n) is 4.65. The van der Waals surface area contributed by atoms with Gasteiger partial charge in [-0.25, -0.2) is 0 Å². The molecule has 0 radical (unpaired) electrons. The van der Waals surface area contributed by atoms with Gasteiger partial charge in [-0.3, -0.25) is 9.59 Å². The van der Waals surface area contributed by atoms with Gasteiger partial charge in [-0.2, -0.15) is 0 Å². The van der Waals surface area contributed by atoms with Crippen LogP contribution in [-0.4, -0.2) is 16.6 Å². The second-order valence-corrected chi connectivity index (χ2v) is 6.62. The fourth-order valence-electron chi connectivity index (χ4n) is 1.87. The van der Waals surface area contributed by atoms with Crippen LogP contribution in [0, 0.1) is 0 Å². The van der Waals surface area contributed by atoms with E-state index >= 15 is 0 Å². The molecule has 0 aromatic heterocycles. The highest BCUT2D eigenvalue weighted by Gasteiger charge is 2.24. The monoisotopic (exact) mass is 424 g/mol. The van der Waals surface area contributed by atoms with Crippen LogP contribution in [0.3, 0.4) is 0 Å². The zero-order valence-corrected chi connectivity index (χ0v) is 14.7. The average molecular weight is 426 g/mol. The van der Waals surface area contributed by atoms with E-state index in [0.29, 0.717) is 11.3 Å². The lowest BCUT2D eigenvalue weighted by Crippen LogP contribution is -2.26. The maximum Gasteiger partial charge on any atom is 0.248 e. The standard InChI is InChI=1S/C16H14Br2N2O2/c17-13(10-4-2-1-3-5-10)14(18)16(22)20-12-8-6-11(7-9-12)15(19)21/h1-9,13-14H,(H2,19,21)(H,20,22). The average Bonchev–Trinajstić information content (AvgIpc) is 2.54. The molecule has 6 heteroatoms. The van der Waals surface area contributed by atoms with Crippen molar-refractivity contribution in [3.05, 3.63) is 65.7 Å². The van der Waals surface area contributed by atoms with Crippen LogP contribution in [0.15, 0.2) is 54.6 Å². The van der Waals surface area contributed by atoms with Crippen LogP contribution in [0.5, 0.6) is 0 Å². The molecule has 0 spiro atoms. The van der Waals surface area contributed by atoms with E-state index in [0.717, 1.165) is 5.56 Å². The molecule has 0 fully saturated rings. The second kappa shape index (κ2) is 7.56. The van der Waals surface area contributed by atoms with Crippen molar-refractivity contribution in [3.63, 3.8) is 0 Å². The molecule has 2 rings (SSSR count). The van der Waals surface area contributed by atoms with E-state index in [1.54, 1.807) is 24.3 Å². The number of hydrogen-bond acceptors (Lipinski definition) is 2. The van der Waals surface area contributed by atoms with E-state index in [9.17, 15) is 9.59 Å². The fourth-order valence-corrected chi connectivity index (χ4v) is 2.83. The summed E-state index contributed by atoms with van der Waals surface area (Å²) in [6.07, 6.45) is 0. The Labute approximate surface area is 145 Å². The van der Waals surface area contributed by atoms with E-state index in [1.807, 2.05) is 30.3 Å². The molecule has 2 amide bonds. The Hall–Kier alpha value is -1.66. The van der Waals surface area contributed by atoms with Gasteiger partial charge in [0.1, 0.15) is 4.83 Å². The van der Waals surface area contributed by atoms with Crippen LogP contribution < -0.4 is 11.1 Å². The first-order valence-electron chi connectivity index (χ1n) is 6.53. The molecule has 0 heterocycles. The first kappa shape index (κ1) is 16.7. The Balaban J connectivity index is 2.03. The van der Waals surface area contributed by atoms with Crippen molar-refractivity contribution in [2.75, 3.05) is 5.32 Å². The number of nitrogens with one attached hydrogen (secondary N) is 1.